The van der Waals surface area contributed by atoms with Gasteiger partial charge in [-0.05, 0) is 33.0 Å². The van der Waals surface area contributed by atoms with E-state index in [4.69, 9.17) is 4.52 Å². The molecule has 0 amide bonds. The summed E-state index contributed by atoms with van der Waals surface area (Å²) in [6.45, 7) is 3.21. The molecule has 4 heteroatoms. The summed E-state index contributed by atoms with van der Waals surface area (Å²) >= 11 is 0. The summed E-state index contributed by atoms with van der Waals surface area (Å²) in [4.78, 5) is 2.37. The highest BCUT2D eigenvalue weighted by Gasteiger charge is 2.15. The van der Waals surface area contributed by atoms with Crippen LogP contribution in [-0.4, -0.2) is 36.2 Å². The third-order valence-electron chi connectivity index (χ3n) is 2.78. The number of aromatic nitrogens is 1. The summed E-state index contributed by atoms with van der Waals surface area (Å²) in [6.07, 6.45) is 4.08. The van der Waals surface area contributed by atoms with Crippen LogP contribution >= 0.6 is 0 Å². The number of nitrogens with zero attached hydrogens (tertiary/aromatic N) is 2. The summed E-state index contributed by atoms with van der Waals surface area (Å²) in [7, 11) is 2.17. The number of hydrogen-bond acceptors (Lipinski definition) is 4. The number of rotatable bonds is 3. The Bertz CT molecular complexity index is 252. The molecular weight excluding hydrogens is 178 g/mol. The molecule has 14 heavy (non-hydrogen) atoms. The van der Waals surface area contributed by atoms with Crippen molar-refractivity contribution in [2.45, 2.75) is 25.4 Å². The molecule has 0 radical (unpaired) electrons. The van der Waals surface area contributed by atoms with Crippen LogP contribution in [0.4, 0.5) is 0 Å². The van der Waals surface area contributed by atoms with Gasteiger partial charge in [-0.25, -0.2) is 0 Å². The molecule has 2 rings (SSSR count). The van der Waals surface area contributed by atoms with Gasteiger partial charge in [-0.1, -0.05) is 5.16 Å². The van der Waals surface area contributed by atoms with Crippen LogP contribution in [-0.2, 0) is 6.54 Å². The minimum Gasteiger partial charge on any atom is -0.364 e. The smallest absolute Gasteiger partial charge is 0.124 e. The lowest BCUT2D eigenvalue weighted by atomic mass is 10.1. The van der Waals surface area contributed by atoms with Crippen LogP contribution in [0, 0.1) is 0 Å². The van der Waals surface area contributed by atoms with Crippen molar-refractivity contribution < 1.29 is 4.52 Å². The predicted molar refractivity (Wildman–Crippen MR) is 53.9 cm³/mol. The lowest BCUT2D eigenvalue weighted by Gasteiger charge is -2.29. The molecule has 1 N–H and O–H groups in total. The topological polar surface area (TPSA) is 41.3 Å². The molecule has 0 atom stereocenters. The first-order chi connectivity index (χ1) is 6.84. The molecule has 1 aromatic rings. The number of nitrogens with one attached hydrogen (secondary N) is 1. The van der Waals surface area contributed by atoms with Gasteiger partial charge in [0.1, 0.15) is 6.26 Å². The van der Waals surface area contributed by atoms with Crippen LogP contribution < -0.4 is 5.32 Å². The Balaban J connectivity index is 1.71. The van der Waals surface area contributed by atoms with E-state index in [9.17, 15) is 0 Å². The normalized spacial score (nSPS) is 20.1. The fraction of sp³-hybridized carbons (Fsp3) is 0.700. The highest BCUT2D eigenvalue weighted by molar-refractivity contribution is 4.95. The van der Waals surface area contributed by atoms with Gasteiger partial charge < -0.3 is 14.7 Å². The van der Waals surface area contributed by atoms with Gasteiger partial charge in [-0.2, -0.15) is 0 Å². The number of likely N-dealkylation sites (tertiary alicyclic amines) is 1. The second-order valence-corrected chi connectivity index (χ2v) is 3.95. The van der Waals surface area contributed by atoms with Gasteiger partial charge in [0.2, 0.25) is 0 Å². The second-order valence-electron chi connectivity index (χ2n) is 3.95. The van der Waals surface area contributed by atoms with Crippen LogP contribution in [0.5, 0.6) is 0 Å². The van der Waals surface area contributed by atoms with E-state index in [1.807, 2.05) is 6.07 Å². The van der Waals surface area contributed by atoms with Gasteiger partial charge in [0.05, 0.1) is 5.69 Å². The Labute approximate surface area is 84.3 Å². The summed E-state index contributed by atoms with van der Waals surface area (Å²) in [6, 6.07) is 2.55. The quantitative estimate of drug-likeness (QED) is 0.776. The zero-order chi connectivity index (χ0) is 9.80. The average molecular weight is 195 g/mol. The Morgan fingerprint density at radius 3 is 3.00 bits per heavy atom. The molecule has 0 aliphatic carbocycles. The minimum atomic E-state index is 0.642. The Hall–Kier alpha value is -0.870. The van der Waals surface area contributed by atoms with E-state index >= 15 is 0 Å². The number of hydrogen-bond donors (Lipinski definition) is 1. The van der Waals surface area contributed by atoms with E-state index in [0.717, 1.165) is 12.2 Å². The fourth-order valence-electron chi connectivity index (χ4n) is 1.79. The van der Waals surface area contributed by atoms with Crippen molar-refractivity contribution in [1.29, 1.82) is 0 Å². The van der Waals surface area contributed by atoms with Crippen molar-refractivity contribution in [1.82, 2.24) is 15.4 Å². The first-order valence-corrected chi connectivity index (χ1v) is 5.16. The van der Waals surface area contributed by atoms with Crippen LogP contribution in [0.2, 0.25) is 0 Å². The molecule has 0 saturated carbocycles. The standard InChI is InChI=1S/C10H17N3O/c1-13-5-2-9(3-6-13)11-8-10-4-7-14-12-10/h4,7,9,11H,2-3,5-6,8H2,1H3. The second kappa shape index (κ2) is 4.57. The molecule has 4 nitrogen and oxygen atoms in total. The first kappa shape index (κ1) is 9.68. The van der Waals surface area contributed by atoms with Crippen LogP contribution in [0.25, 0.3) is 0 Å². The fourth-order valence-corrected chi connectivity index (χ4v) is 1.79. The van der Waals surface area contributed by atoms with Gasteiger partial charge >= 0.3 is 0 Å². The number of piperidine rings is 1. The van der Waals surface area contributed by atoms with Gasteiger partial charge in [0.15, 0.2) is 0 Å². The SMILES string of the molecule is CN1CCC(NCc2ccon2)CC1. The van der Waals surface area contributed by atoms with E-state index in [1.54, 1.807) is 6.26 Å². The maximum atomic E-state index is 4.77. The third-order valence-corrected chi connectivity index (χ3v) is 2.78. The zero-order valence-electron chi connectivity index (χ0n) is 8.57. The third kappa shape index (κ3) is 2.56. The Morgan fingerprint density at radius 1 is 1.57 bits per heavy atom. The lowest BCUT2D eigenvalue weighted by Crippen LogP contribution is -2.40. The lowest BCUT2D eigenvalue weighted by molar-refractivity contribution is 0.233. The molecule has 1 aliphatic rings. The summed E-state index contributed by atoms with van der Waals surface area (Å²) in [5.41, 5.74) is 0.990. The molecule has 0 unspecified atom stereocenters. The maximum absolute atomic E-state index is 4.77. The summed E-state index contributed by atoms with van der Waals surface area (Å²) < 4.78 is 4.77. The van der Waals surface area contributed by atoms with E-state index in [0.29, 0.717) is 6.04 Å². The predicted octanol–water partition coefficient (Wildman–Crippen LogP) is 0.858. The van der Waals surface area contributed by atoms with E-state index in [2.05, 4.69) is 22.4 Å². The van der Waals surface area contributed by atoms with Crippen LogP contribution in [0.15, 0.2) is 16.9 Å². The Kier molecular flexibility index (Phi) is 3.16. The van der Waals surface area contributed by atoms with Gasteiger partial charge in [0.25, 0.3) is 0 Å². The van der Waals surface area contributed by atoms with Crippen molar-refractivity contribution in [3.63, 3.8) is 0 Å². The summed E-state index contributed by atoms with van der Waals surface area (Å²) in [5, 5.41) is 7.36. The van der Waals surface area contributed by atoms with E-state index < -0.39 is 0 Å². The maximum Gasteiger partial charge on any atom is 0.124 e. The molecule has 1 fully saturated rings. The van der Waals surface area contributed by atoms with Crippen molar-refractivity contribution in [2.75, 3.05) is 20.1 Å². The van der Waals surface area contributed by atoms with Crippen molar-refractivity contribution >= 4 is 0 Å². The monoisotopic (exact) mass is 195 g/mol. The molecule has 1 saturated heterocycles. The summed E-state index contributed by atoms with van der Waals surface area (Å²) in [5.74, 6) is 0. The van der Waals surface area contributed by atoms with Crippen molar-refractivity contribution in [3.8, 4) is 0 Å². The minimum absolute atomic E-state index is 0.642. The van der Waals surface area contributed by atoms with E-state index in [1.165, 1.54) is 25.9 Å². The molecule has 1 aliphatic heterocycles. The molecule has 2 heterocycles. The zero-order valence-corrected chi connectivity index (χ0v) is 8.57. The van der Waals surface area contributed by atoms with Gasteiger partial charge in [0, 0.05) is 18.7 Å². The molecule has 0 bridgehead atoms. The largest absolute Gasteiger partial charge is 0.364 e. The van der Waals surface area contributed by atoms with Crippen molar-refractivity contribution in [2.24, 2.45) is 0 Å². The van der Waals surface area contributed by atoms with E-state index in [-0.39, 0.29) is 0 Å². The highest BCUT2D eigenvalue weighted by Crippen LogP contribution is 2.08. The molecule has 0 spiro atoms. The molecule has 1 aromatic heterocycles. The average Bonchev–Trinajstić information content (AvgIpc) is 2.70. The van der Waals surface area contributed by atoms with Crippen molar-refractivity contribution in [3.05, 3.63) is 18.0 Å². The Morgan fingerprint density at radius 2 is 2.36 bits per heavy atom. The highest BCUT2D eigenvalue weighted by atomic mass is 16.5. The van der Waals surface area contributed by atoms with Gasteiger partial charge in [-0.15, -0.1) is 0 Å². The molecular formula is C10H17N3O. The van der Waals surface area contributed by atoms with Crippen LogP contribution in [0.1, 0.15) is 18.5 Å². The first-order valence-electron chi connectivity index (χ1n) is 5.16. The molecule has 78 valence electrons. The molecule has 0 aromatic carbocycles. The van der Waals surface area contributed by atoms with Crippen LogP contribution in [0.3, 0.4) is 0 Å². The van der Waals surface area contributed by atoms with Gasteiger partial charge in [-0.3, -0.25) is 0 Å².